The van der Waals surface area contributed by atoms with Crippen molar-refractivity contribution in [2.45, 2.75) is 0 Å². The van der Waals surface area contributed by atoms with E-state index in [1.807, 2.05) is 18.2 Å². The first-order chi connectivity index (χ1) is 3.50. The molecule has 1 aliphatic heterocycles. The van der Waals surface area contributed by atoms with Gasteiger partial charge >= 0.3 is 0 Å². The van der Waals surface area contributed by atoms with E-state index in [4.69, 9.17) is 0 Å². The number of rotatable bonds is 0. The molecule has 0 aliphatic carbocycles. The van der Waals surface area contributed by atoms with Crippen molar-refractivity contribution in [2.75, 3.05) is 0 Å². The van der Waals surface area contributed by atoms with Crippen molar-refractivity contribution in [1.29, 1.82) is 0 Å². The Balaban J connectivity index is 0.000000490. The number of allylic oxidation sites excluding steroid dienone is 3. The molecule has 0 bridgehead atoms. The molecule has 1 radical (unpaired) electrons. The molecule has 2 nitrogen and oxygen atoms in total. The van der Waals surface area contributed by atoms with Crippen molar-refractivity contribution in [3.8, 4) is 0 Å². The van der Waals surface area contributed by atoms with Gasteiger partial charge in [-0.3, -0.25) is 5.43 Å². The third kappa shape index (κ3) is 2.80. The van der Waals surface area contributed by atoms with Crippen LogP contribution in [0.3, 0.4) is 0 Å². The average Bonchev–Trinajstić information content (AvgIpc) is 1.90. The van der Waals surface area contributed by atoms with Crippen molar-refractivity contribution in [1.82, 2.24) is 5.43 Å². The summed E-state index contributed by atoms with van der Waals surface area (Å²) in [6.07, 6.45) is 9.10. The van der Waals surface area contributed by atoms with Crippen LogP contribution in [-0.2, 0) is 22.4 Å². The molecule has 1 rings (SSSR count). The van der Waals surface area contributed by atoms with Gasteiger partial charge in [-0.25, -0.2) is 0 Å². The van der Waals surface area contributed by atoms with Crippen LogP contribution in [0.2, 0.25) is 0 Å². The summed E-state index contributed by atoms with van der Waals surface area (Å²) in [5.41, 5.74) is 2.67. The van der Waals surface area contributed by atoms with Gasteiger partial charge in [0.05, 0.1) is 0 Å². The molecule has 0 saturated heterocycles. The van der Waals surface area contributed by atoms with Crippen LogP contribution in [0.25, 0.3) is 0 Å². The molecular formula is C5H6AgN2. The second-order valence-corrected chi connectivity index (χ2v) is 1.15. The molecule has 0 saturated carbocycles. The number of hydrogen-bond donors (Lipinski definition) is 1. The molecular weight excluding hydrogens is 196 g/mol. The monoisotopic (exact) mass is 201 g/mol. The quantitative estimate of drug-likeness (QED) is 0.572. The SMILES string of the molecule is C1=CC=NNC=C1.[Ag]. The van der Waals surface area contributed by atoms with E-state index in [2.05, 4.69) is 10.5 Å². The summed E-state index contributed by atoms with van der Waals surface area (Å²) >= 11 is 0. The Labute approximate surface area is 63.9 Å². The molecule has 0 aromatic heterocycles. The van der Waals surface area contributed by atoms with Crippen LogP contribution in [-0.4, -0.2) is 6.21 Å². The van der Waals surface area contributed by atoms with Gasteiger partial charge in [0.25, 0.3) is 0 Å². The smallest absolute Gasteiger partial charge is 0.0472 e. The van der Waals surface area contributed by atoms with Gasteiger partial charge in [0.2, 0.25) is 0 Å². The fraction of sp³-hybridized carbons (Fsp3) is 0. The van der Waals surface area contributed by atoms with Gasteiger partial charge in [-0.15, -0.1) is 0 Å². The maximum Gasteiger partial charge on any atom is 0.0472 e. The zero-order valence-electron chi connectivity index (χ0n) is 4.14. The molecule has 0 unspecified atom stereocenters. The molecule has 1 heterocycles. The summed E-state index contributed by atoms with van der Waals surface area (Å²) in [7, 11) is 0. The summed E-state index contributed by atoms with van der Waals surface area (Å²) in [5, 5.41) is 3.72. The number of hydrazone groups is 1. The Morgan fingerprint density at radius 3 is 2.88 bits per heavy atom. The van der Waals surface area contributed by atoms with Gasteiger partial charge in [-0.1, -0.05) is 6.08 Å². The molecule has 0 fully saturated rings. The van der Waals surface area contributed by atoms with Gasteiger partial charge in [0.15, 0.2) is 0 Å². The number of nitrogens with one attached hydrogen (secondary N) is 1. The molecule has 0 atom stereocenters. The molecule has 47 valence electrons. The summed E-state index contributed by atoms with van der Waals surface area (Å²) in [6, 6.07) is 0. The first-order valence-electron chi connectivity index (χ1n) is 2.10. The van der Waals surface area contributed by atoms with Crippen LogP contribution in [0.4, 0.5) is 0 Å². The van der Waals surface area contributed by atoms with Crippen molar-refractivity contribution >= 4 is 6.21 Å². The Hall–Kier alpha value is -0.310. The van der Waals surface area contributed by atoms with Gasteiger partial charge in [0.1, 0.15) is 0 Å². The van der Waals surface area contributed by atoms with Crippen LogP contribution in [0.1, 0.15) is 0 Å². The zero-order chi connectivity index (χ0) is 4.95. The van der Waals surface area contributed by atoms with E-state index in [0.717, 1.165) is 0 Å². The van der Waals surface area contributed by atoms with Crippen molar-refractivity contribution in [2.24, 2.45) is 5.10 Å². The van der Waals surface area contributed by atoms with Crippen molar-refractivity contribution in [3.05, 3.63) is 24.4 Å². The molecule has 0 amide bonds. The standard InChI is InChI=1S/C5H6N2.Ag/c1-2-4-6-7-5-3-1;/h1-6H;. The Morgan fingerprint density at radius 2 is 2.00 bits per heavy atom. The number of hydrogen-bond acceptors (Lipinski definition) is 2. The van der Waals surface area contributed by atoms with E-state index < -0.39 is 0 Å². The molecule has 0 spiro atoms. The second-order valence-electron chi connectivity index (χ2n) is 1.15. The van der Waals surface area contributed by atoms with E-state index in [1.54, 1.807) is 12.4 Å². The van der Waals surface area contributed by atoms with Gasteiger partial charge in [-0.05, 0) is 12.2 Å². The summed E-state index contributed by atoms with van der Waals surface area (Å²) in [5.74, 6) is 0. The van der Waals surface area contributed by atoms with Crippen molar-refractivity contribution in [3.63, 3.8) is 0 Å². The average molecular weight is 202 g/mol. The summed E-state index contributed by atoms with van der Waals surface area (Å²) < 4.78 is 0. The predicted molar refractivity (Wildman–Crippen MR) is 29.9 cm³/mol. The number of nitrogens with zero attached hydrogens (tertiary/aromatic N) is 1. The zero-order valence-corrected chi connectivity index (χ0v) is 5.62. The fourth-order valence-corrected chi connectivity index (χ4v) is 0.342. The second kappa shape index (κ2) is 4.84. The largest absolute Gasteiger partial charge is 0.286 e. The van der Waals surface area contributed by atoms with Crippen LogP contribution in [0, 0.1) is 0 Å². The van der Waals surface area contributed by atoms with E-state index in [1.165, 1.54) is 0 Å². The predicted octanol–water partition coefficient (Wildman–Crippen LogP) is 0.643. The van der Waals surface area contributed by atoms with Crippen LogP contribution < -0.4 is 5.43 Å². The fourth-order valence-electron chi connectivity index (χ4n) is 0.342. The van der Waals surface area contributed by atoms with E-state index in [0.29, 0.717) is 0 Å². The Kier molecular flexibility index (Phi) is 4.65. The van der Waals surface area contributed by atoms with Crippen LogP contribution in [0.15, 0.2) is 29.5 Å². The maximum absolute atomic E-state index is 3.72. The van der Waals surface area contributed by atoms with Crippen molar-refractivity contribution < 1.29 is 22.4 Å². The van der Waals surface area contributed by atoms with E-state index in [-0.39, 0.29) is 22.4 Å². The molecule has 1 aliphatic rings. The molecule has 1 N–H and O–H groups in total. The third-order valence-corrected chi connectivity index (χ3v) is 0.628. The summed E-state index contributed by atoms with van der Waals surface area (Å²) in [4.78, 5) is 0. The van der Waals surface area contributed by atoms with Gasteiger partial charge in [-0.2, -0.15) is 5.10 Å². The normalized spacial score (nSPS) is 14.0. The molecule has 8 heavy (non-hydrogen) atoms. The minimum Gasteiger partial charge on any atom is -0.286 e. The third-order valence-electron chi connectivity index (χ3n) is 0.628. The summed E-state index contributed by atoms with van der Waals surface area (Å²) in [6.45, 7) is 0. The minimum absolute atomic E-state index is 0. The van der Waals surface area contributed by atoms with E-state index >= 15 is 0 Å². The first-order valence-corrected chi connectivity index (χ1v) is 2.10. The molecule has 0 aromatic carbocycles. The van der Waals surface area contributed by atoms with Gasteiger partial charge < -0.3 is 0 Å². The Morgan fingerprint density at radius 1 is 1.12 bits per heavy atom. The molecule has 3 heteroatoms. The Bertz CT molecular complexity index is 112. The van der Waals surface area contributed by atoms with Crippen LogP contribution in [0.5, 0.6) is 0 Å². The first kappa shape index (κ1) is 7.69. The van der Waals surface area contributed by atoms with Gasteiger partial charge in [0, 0.05) is 34.8 Å². The topological polar surface area (TPSA) is 24.4 Å². The molecule has 0 aromatic rings. The van der Waals surface area contributed by atoms with E-state index in [9.17, 15) is 0 Å². The maximum atomic E-state index is 3.72. The minimum atomic E-state index is 0. The van der Waals surface area contributed by atoms with Crippen LogP contribution >= 0.6 is 0 Å².